The molecule has 2 rings (SSSR count). The summed E-state index contributed by atoms with van der Waals surface area (Å²) < 4.78 is 27.9. The summed E-state index contributed by atoms with van der Waals surface area (Å²) in [5.41, 5.74) is -0.121. The second-order valence-corrected chi connectivity index (χ2v) is 6.09. The molecule has 20 heavy (non-hydrogen) atoms. The lowest BCUT2D eigenvalue weighted by molar-refractivity contribution is -0.385. The fourth-order valence-electron chi connectivity index (χ4n) is 1.87. The number of nitrogens with two attached hydrogens (primary N) is 1. The number of hydrazine groups is 1. The molecule has 1 aliphatic heterocycles. The molecule has 0 aliphatic carbocycles. The fraction of sp³-hybridized carbons (Fsp3) is 0.364. The highest BCUT2D eigenvalue weighted by Crippen LogP contribution is 2.34. The fourth-order valence-corrected chi connectivity index (χ4v) is 3.18. The van der Waals surface area contributed by atoms with Crippen LogP contribution in [0.1, 0.15) is 20.3 Å². The first kappa shape index (κ1) is 14.4. The minimum absolute atomic E-state index is 0.141. The van der Waals surface area contributed by atoms with E-state index in [4.69, 9.17) is 5.84 Å². The monoisotopic (exact) mass is 298 g/mol. The van der Waals surface area contributed by atoms with Crippen LogP contribution in [0.2, 0.25) is 0 Å². The molecule has 1 heterocycles. The molecule has 2 N–H and O–H groups in total. The Morgan fingerprint density at radius 1 is 1.50 bits per heavy atom. The summed E-state index contributed by atoms with van der Waals surface area (Å²) in [5.74, 6) is 5.97. The van der Waals surface area contributed by atoms with Gasteiger partial charge in [0.25, 0.3) is 15.7 Å². The molecule has 108 valence electrons. The maximum Gasteiger partial charge on any atom is 0.286 e. The van der Waals surface area contributed by atoms with Crippen molar-refractivity contribution < 1.29 is 13.3 Å². The van der Waals surface area contributed by atoms with E-state index in [1.165, 1.54) is 17.1 Å². The number of amidine groups is 1. The molecule has 0 bridgehead atoms. The standard InChI is InChI=1S/C11H14N4O4S/c1-3-7(2)11-13-20(18,19)10-6-8(15(16)17)4-5-9(10)14(11)12/h4-7H,3,12H2,1-2H3. The number of nitrogens with zero attached hydrogens (tertiary/aromatic N) is 3. The second-order valence-electron chi connectivity index (χ2n) is 4.51. The Hall–Kier alpha value is -2.00. The quantitative estimate of drug-likeness (QED) is 0.512. The molecule has 0 saturated heterocycles. The van der Waals surface area contributed by atoms with Crippen LogP contribution in [0.3, 0.4) is 0 Å². The average molecular weight is 298 g/mol. The number of nitro benzene ring substituents is 1. The Kier molecular flexibility index (Phi) is 3.48. The van der Waals surface area contributed by atoms with Crippen molar-refractivity contribution in [2.45, 2.75) is 25.2 Å². The predicted octanol–water partition coefficient (Wildman–Crippen LogP) is 1.42. The molecule has 1 aromatic rings. The topological polar surface area (TPSA) is 119 Å². The third-order valence-electron chi connectivity index (χ3n) is 3.21. The van der Waals surface area contributed by atoms with Crippen molar-refractivity contribution in [2.24, 2.45) is 16.2 Å². The molecule has 0 radical (unpaired) electrons. The lowest BCUT2D eigenvalue weighted by atomic mass is 10.1. The zero-order chi connectivity index (χ0) is 15.1. The highest BCUT2D eigenvalue weighted by molar-refractivity contribution is 7.90. The minimum Gasteiger partial charge on any atom is -0.264 e. The van der Waals surface area contributed by atoms with Crippen LogP contribution in [-0.4, -0.2) is 19.2 Å². The van der Waals surface area contributed by atoms with E-state index < -0.39 is 14.9 Å². The van der Waals surface area contributed by atoms with Gasteiger partial charge in [-0.15, -0.1) is 4.40 Å². The van der Waals surface area contributed by atoms with E-state index in [2.05, 4.69) is 4.40 Å². The number of nitro groups is 1. The van der Waals surface area contributed by atoms with Crippen LogP contribution in [0.15, 0.2) is 27.5 Å². The Balaban J connectivity index is 2.64. The molecular weight excluding hydrogens is 284 g/mol. The largest absolute Gasteiger partial charge is 0.286 e. The van der Waals surface area contributed by atoms with Gasteiger partial charge in [-0.25, -0.2) is 5.84 Å². The van der Waals surface area contributed by atoms with Crippen LogP contribution in [0, 0.1) is 16.0 Å². The van der Waals surface area contributed by atoms with Gasteiger partial charge in [0.05, 0.1) is 10.6 Å². The van der Waals surface area contributed by atoms with Gasteiger partial charge in [-0.05, 0) is 12.5 Å². The molecular formula is C11H14N4O4S. The number of non-ortho nitro benzene ring substituents is 1. The van der Waals surface area contributed by atoms with Gasteiger partial charge >= 0.3 is 0 Å². The van der Waals surface area contributed by atoms with E-state index in [1.54, 1.807) is 0 Å². The molecule has 1 unspecified atom stereocenters. The number of hydrogen-bond donors (Lipinski definition) is 1. The van der Waals surface area contributed by atoms with Gasteiger partial charge in [-0.3, -0.25) is 15.1 Å². The van der Waals surface area contributed by atoms with Crippen molar-refractivity contribution in [3.8, 4) is 0 Å². The van der Waals surface area contributed by atoms with Crippen molar-refractivity contribution in [2.75, 3.05) is 5.01 Å². The van der Waals surface area contributed by atoms with Crippen LogP contribution >= 0.6 is 0 Å². The van der Waals surface area contributed by atoms with Crippen LogP contribution in [0.4, 0.5) is 11.4 Å². The SMILES string of the molecule is CCC(C)C1=NS(=O)(=O)c2cc([N+](=O)[O-])ccc2N1N. The number of sulfonamides is 1. The van der Waals surface area contributed by atoms with E-state index in [9.17, 15) is 18.5 Å². The summed E-state index contributed by atoms with van der Waals surface area (Å²) in [7, 11) is -3.97. The van der Waals surface area contributed by atoms with Crippen molar-refractivity contribution in [1.82, 2.24) is 0 Å². The van der Waals surface area contributed by atoms with E-state index in [0.717, 1.165) is 6.07 Å². The first-order valence-electron chi connectivity index (χ1n) is 5.96. The summed E-state index contributed by atoms with van der Waals surface area (Å²) in [5, 5.41) is 11.9. The van der Waals surface area contributed by atoms with E-state index >= 15 is 0 Å². The molecule has 0 spiro atoms. The lowest BCUT2D eigenvalue weighted by Gasteiger charge is -2.29. The molecule has 0 saturated carbocycles. The molecule has 1 atom stereocenters. The molecule has 0 aromatic heterocycles. The average Bonchev–Trinajstić information content (AvgIpc) is 2.41. The Morgan fingerprint density at radius 3 is 2.70 bits per heavy atom. The number of rotatable bonds is 3. The van der Waals surface area contributed by atoms with E-state index in [0.29, 0.717) is 6.42 Å². The maximum atomic E-state index is 12.1. The van der Waals surface area contributed by atoms with Crippen LogP contribution in [-0.2, 0) is 10.0 Å². The Labute approximate surface area is 116 Å². The van der Waals surface area contributed by atoms with Gasteiger partial charge in [-0.1, -0.05) is 13.8 Å². The summed E-state index contributed by atoms with van der Waals surface area (Å²) in [6.07, 6.45) is 0.671. The van der Waals surface area contributed by atoms with E-state index in [1.807, 2.05) is 13.8 Å². The first-order chi connectivity index (χ1) is 9.27. The van der Waals surface area contributed by atoms with Crippen molar-refractivity contribution in [3.63, 3.8) is 0 Å². The van der Waals surface area contributed by atoms with Crippen molar-refractivity contribution in [1.29, 1.82) is 0 Å². The normalized spacial score (nSPS) is 18.1. The van der Waals surface area contributed by atoms with Crippen molar-refractivity contribution in [3.05, 3.63) is 28.3 Å². The van der Waals surface area contributed by atoms with Gasteiger partial charge < -0.3 is 0 Å². The molecule has 0 amide bonds. The number of hydrogen-bond acceptors (Lipinski definition) is 6. The summed E-state index contributed by atoms with van der Waals surface area (Å²) >= 11 is 0. The Bertz CT molecular complexity index is 698. The van der Waals surface area contributed by atoms with Gasteiger partial charge in [0, 0.05) is 18.1 Å². The van der Waals surface area contributed by atoms with Crippen molar-refractivity contribution >= 4 is 27.2 Å². The van der Waals surface area contributed by atoms with Gasteiger partial charge in [0.2, 0.25) is 0 Å². The molecule has 1 aliphatic rings. The number of benzene rings is 1. The van der Waals surface area contributed by atoms with Crippen LogP contribution in [0.25, 0.3) is 0 Å². The number of fused-ring (bicyclic) bond motifs is 1. The second kappa shape index (κ2) is 4.84. The summed E-state index contributed by atoms with van der Waals surface area (Å²) in [6, 6.07) is 3.51. The zero-order valence-electron chi connectivity index (χ0n) is 11.0. The third kappa shape index (κ3) is 2.25. The third-order valence-corrected chi connectivity index (χ3v) is 4.52. The molecule has 1 aromatic carbocycles. The molecule has 9 heteroatoms. The lowest BCUT2D eigenvalue weighted by Crippen LogP contribution is -2.44. The zero-order valence-corrected chi connectivity index (χ0v) is 11.8. The maximum absolute atomic E-state index is 12.1. The summed E-state index contributed by atoms with van der Waals surface area (Å²) in [6.45, 7) is 3.70. The Morgan fingerprint density at radius 2 is 2.15 bits per heavy atom. The highest BCUT2D eigenvalue weighted by atomic mass is 32.2. The van der Waals surface area contributed by atoms with Crippen LogP contribution < -0.4 is 10.9 Å². The first-order valence-corrected chi connectivity index (χ1v) is 7.40. The highest BCUT2D eigenvalue weighted by Gasteiger charge is 2.32. The predicted molar refractivity (Wildman–Crippen MR) is 73.8 cm³/mol. The summed E-state index contributed by atoms with van der Waals surface area (Å²) in [4.78, 5) is 9.82. The number of anilines is 1. The van der Waals surface area contributed by atoms with Gasteiger partial charge in [0.15, 0.2) is 0 Å². The molecule has 8 nitrogen and oxygen atoms in total. The van der Waals surface area contributed by atoms with Gasteiger partial charge in [0.1, 0.15) is 10.7 Å². The minimum atomic E-state index is -3.97. The van der Waals surface area contributed by atoms with Gasteiger partial charge in [-0.2, -0.15) is 8.42 Å². The smallest absolute Gasteiger partial charge is 0.264 e. The van der Waals surface area contributed by atoms with Crippen LogP contribution in [0.5, 0.6) is 0 Å². The van der Waals surface area contributed by atoms with E-state index in [-0.39, 0.29) is 28.0 Å². The molecule has 0 fully saturated rings.